The molecule has 170 valence electrons. The number of allylic oxidation sites excluding steroid dienone is 4. The van der Waals surface area contributed by atoms with E-state index in [1.165, 1.54) is 38.5 Å². The Morgan fingerprint density at radius 1 is 1.00 bits per heavy atom. The lowest BCUT2D eigenvalue weighted by Crippen LogP contribution is -2.49. The Morgan fingerprint density at radius 2 is 1.67 bits per heavy atom. The van der Waals surface area contributed by atoms with Crippen LogP contribution in [-0.4, -0.2) is 11.2 Å². The molecule has 0 aromatic carbocycles. The average Bonchev–Trinajstić information content (AvgIpc) is 3.05. The molecule has 0 aromatic heterocycles. The maximum absolute atomic E-state index is 10.3. The fourth-order valence-corrected chi connectivity index (χ4v) is 8.60. The largest absolute Gasteiger partial charge is 0.393 e. The number of aliphatic hydroxyl groups excluding tert-OH is 1. The van der Waals surface area contributed by atoms with Gasteiger partial charge >= 0.3 is 0 Å². The van der Waals surface area contributed by atoms with E-state index in [-0.39, 0.29) is 6.10 Å². The minimum atomic E-state index is -0.0492. The van der Waals surface area contributed by atoms with Crippen molar-refractivity contribution in [2.75, 3.05) is 0 Å². The summed E-state index contributed by atoms with van der Waals surface area (Å²) in [6.07, 6.45) is 15.4. The number of hydrogen-bond acceptors (Lipinski definition) is 1. The van der Waals surface area contributed by atoms with Crippen molar-refractivity contribution in [1.82, 2.24) is 0 Å². The summed E-state index contributed by atoms with van der Waals surface area (Å²) in [4.78, 5) is 0. The highest BCUT2D eigenvalue weighted by Gasteiger charge is 2.58. The Bertz CT molecular complexity index is 701. The first-order chi connectivity index (χ1) is 14.1. The van der Waals surface area contributed by atoms with Crippen molar-refractivity contribution in [3.05, 3.63) is 23.3 Å². The van der Waals surface area contributed by atoms with Crippen molar-refractivity contribution < 1.29 is 5.11 Å². The van der Waals surface area contributed by atoms with Gasteiger partial charge < -0.3 is 5.11 Å². The fourth-order valence-electron chi connectivity index (χ4n) is 8.60. The van der Waals surface area contributed by atoms with E-state index >= 15 is 0 Å². The number of aliphatic hydroxyl groups is 1. The van der Waals surface area contributed by atoms with Crippen LogP contribution in [0, 0.1) is 52.3 Å². The molecule has 0 saturated heterocycles. The number of hydrogen-bond donors (Lipinski definition) is 1. The van der Waals surface area contributed by atoms with E-state index < -0.39 is 0 Å². The molecule has 1 nitrogen and oxygen atoms in total. The van der Waals surface area contributed by atoms with Gasteiger partial charge in [-0.05, 0) is 111 Å². The molecule has 1 heteroatoms. The summed E-state index contributed by atoms with van der Waals surface area (Å²) < 4.78 is 0. The monoisotopic (exact) mass is 412 g/mol. The summed E-state index contributed by atoms with van der Waals surface area (Å²) in [6, 6.07) is 0. The van der Waals surface area contributed by atoms with Crippen LogP contribution in [0.4, 0.5) is 0 Å². The third-order valence-electron chi connectivity index (χ3n) is 11.0. The summed E-state index contributed by atoms with van der Waals surface area (Å²) in [5.41, 5.74) is 4.38. The molecule has 3 fully saturated rings. The zero-order valence-corrected chi connectivity index (χ0v) is 20.9. The zero-order chi connectivity index (χ0) is 21.8. The van der Waals surface area contributed by atoms with Crippen LogP contribution in [0.2, 0.25) is 0 Å². The maximum Gasteiger partial charge on any atom is 0.0543 e. The maximum atomic E-state index is 10.3. The highest BCUT2D eigenvalue weighted by Crippen LogP contribution is 2.66. The lowest BCUT2D eigenvalue weighted by Gasteiger charge is -2.57. The lowest BCUT2D eigenvalue weighted by molar-refractivity contribution is -0.0414. The van der Waals surface area contributed by atoms with Gasteiger partial charge in [-0.15, -0.1) is 0 Å². The molecule has 0 bridgehead atoms. The second kappa shape index (κ2) is 8.09. The van der Waals surface area contributed by atoms with Gasteiger partial charge in [0.05, 0.1) is 6.10 Å². The molecular weight excluding hydrogens is 364 g/mol. The van der Waals surface area contributed by atoms with Gasteiger partial charge in [-0.25, -0.2) is 0 Å². The fraction of sp³-hybridized carbons (Fsp3) is 0.862. The Hall–Kier alpha value is -0.560. The van der Waals surface area contributed by atoms with Gasteiger partial charge in [0.1, 0.15) is 0 Å². The minimum Gasteiger partial charge on any atom is -0.393 e. The SMILES string of the molecule is CC(=CC(C)C1CCC2C3=CCC4CC(O)CCC4(C)C3CCC21C)C(C)C(C)C. The van der Waals surface area contributed by atoms with Gasteiger partial charge in [0.2, 0.25) is 0 Å². The van der Waals surface area contributed by atoms with E-state index in [1.54, 1.807) is 5.57 Å². The topological polar surface area (TPSA) is 20.2 Å². The number of rotatable bonds is 4. The van der Waals surface area contributed by atoms with E-state index in [1.807, 2.05) is 5.57 Å². The third-order valence-corrected chi connectivity index (χ3v) is 11.0. The van der Waals surface area contributed by atoms with E-state index in [0.717, 1.165) is 36.5 Å². The third kappa shape index (κ3) is 3.56. The predicted molar refractivity (Wildman–Crippen MR) is 128 cm³/mol. The molecule has 0 heterocycles. The molecule has 0 aromatic rings. The van der Waals surface area contributed by atoms with Crippen molar-refractivity contribution in [3.8, 4) is 0 Å². The molecule has 0 amide bonds. The molecule has 9 atom stereocenters. The first kappa shape index (κ1) is 22.6. The molecule has 1 N–H and O–H groups in total. The molecule has 30 heavy (non-hydrogen) atoms. The Morgan fingerprint density at radius 3 is 2.37 bits per heavy atom. The Kier molecular flexibility index (Phi) is 6.10. The van der Waals surface area contributed by atoms with Crippen LogP contribution >= 0.6 is 0 Å². The van der Waals surface area contributed by atoms with Crippen LogP contribution in [0.1, 0.15) is 99.8 Å². The molecular formula is C29H48O. The minimum absolute atomic E-state index is 0.0492. The first-order valence-electron chi connectivity index (χ1n) is 13.1. The van der Waals surface area contributed by atoms with Crippen LogP contribution in [0.3, 0.4) is 0 Å². The average molecular weight is 413 g/mol. The van der Waals surface area contributed by atoms with Gasteiger partial charge in [-0.1, -0.05) is 64.8 Å². The Balaban J connectivity index is 1.56. The molecule has 4 aliphatic carbocycles. The van der Waals surface area contributed by atoms with Gasteiger partial charge in [0.15, 0.2) is 0 Å². The molecule has 4 aliphatic rings. The molecule has 0 spiro atoms. The summed E-state index contributed by atoms with van der Waals surface area (Å²) in [5.74, 6) is 5.24. The van der Waals surface area contributed by atoms with Crippen molar-refractivity contribution in [1.29, 1.82) is 0 Å². The van der Waals surface area contributed by atoms with E-state index in [0.29, 0.717) is 28.6 Å². The van der Waals surface area contributed by atoms with Gasteiger partial charge in [0, 0.05) is 0 Å². The quantitative estimate of drug-likeness (QED) is 0.467. The normalized spacial score (nSPS) is 46.0. The first-order valence-corrected chi connectivity index (χ1v) is 13.1. The van der Waals surface area contributed by atoms with Crippen LogP contribution in [0.15, 0.2) is 23.3 Å². The molecule has 3 saturated carbocycles. The van der Waals surface area contributed by atoms with E-state index in [9.17, 15) is 5.11 Å². The number of fused-ring (bicyclic) bond motifs is 5. The highest BCUT2D eigenvalue weighted by atomic mass is 16.3. The van der Waals surface area contributed by atoms with Crippen LogP contribution in [0.5, 0.6) is 0 Å². The van der Waals surface area contributed by atoms with Crippen LogP contribution in [-0.2, 0) is 0 Å². The summed E-state index contributed by atoms with van der Waals surface area (Å²) in [6.45, 7) is 17.2. The van der Waals surface area contributed by atoms with Gasteiger partial charge in [-0.3, -0.25) is 0 Å². The summed E-state index contributed by atoms with van der Waals surface area (Å²) in [5, 5.41) is 10.3. The van der Waals surface area contributed by atoms with E-state index in [2.05, 4.69) is 60.6 Å². The lowest BCUT2D eigenvalue weighted by atomic mass is 9.47. The standard InChI is InChI=1S/C29H48O/c1-18(2)21(5)19(3)16-20(4)25-10-11-26-24-9-8-22-17-23(30)12-14-28(22,6)27(24)13-15-29(25,26)7/h9,16,18,20-23,25-27,30H,8,10-15,17H2,1-7H3. The molecule has 0 aliphatic heterocycles. The van der Waals surface area contributed by atoms with Crippen molar-refractivity contribution in [2.24, 2.45) is 52.3 Å². The molecule has 0 radical (unpaired) electrons. The summed E-state index contributed by atoms with van der Waals surface area (Å²) in [7, 11) is 0. The Labute approximate surface area is 186 Å². The van der Waals surface area contributed by atoms with Crippen molar-refractivity contribution in [2.45, 2.75) is 106 Å². The van der Waals surface area contributed by atoms with Crippen LogP contribution < -0.4 is 0 Å². The van der Waals surface area contributed by atoms with E-state index in [4.69, 9.17) is 0 Å². The second-order valence-corrected chi connectivity index (χ2v) is 12.7. The smallest absolute Gasteiger partial charge is 0.0543 e. The molecule has 4 rings (SSSR count). The second-order valence-electron chi connectivity index (χ2n) is 12.7. The summed E-state index contributed by atoms with van der Waals surface area (Å²) >= 11 is 0. The van der Waals surface area contributed by atoms with Gasteiger partial charge in [-0.2, -0.15) is 0 Å². The van der Waals surface area contributed by atoms with Crippen molar-refractivity contribution >= 4 is 0 Å². The van der Waals surface area contributed by atoms with Crippen LogP contribution in [0.25, 0.3) is 0 Å². The predicted octanol–water partition coefficient (Wildman–Crippen LogP) is 7.80. The molecule has 9 unspecified atom stereocenters. The van der Waals surface area contributed by atoms with Crippen molar-refractivity contribution in [3.63, 3.8) is 0 Å². The van der Waals surface area contributed by atoms with Gasteiger partial charge in [0.25, 0.3) is 0 Å². The highest BCUT2D eigenvalue weighted by molar-refractivity contribution is 5.28. The zero-order valence-electron chi connectivity index (χ0n) is 20.9.